The molecule has 0 atom stereocenters. The average molecular weight is 241 g/mol. The standard InChI is InChI=1S/C13H17F2NO/c14-12-3-4-13(15)11(7-12)8-16-5-6-17-9-10-1-2-10/h3-4,7,10,16H,1-2,5-6,8-9H2. The number of hydrogen-bond donors (Lipinski definition) is 1. The van der Waals surface area contributed by atoms with Crippen LogP contribution in [0.4, 0.5) is 8.78 Å². The lowest BCUT2D eigenvalue weighted by Gasteiger charge is -2.06. The average Bonchev–Trinajstić information content (AvgIpc) is 3.11. The molecule has 0 amide bonds. The maximum atomic E-state index is 13.2. The molecule has 2 rings (SSSR count). The van der Waals surface area contributed by atoms with Gasteiger partial charge in [0.15, 0.2) is 0 Å². The van der Waals surface area contributed by atoms with Crippen LogP contribution in [0, 0.1) is 17.6 Å². The van der Waals surface area contributed by atoms with Crippen LogP contribution in [-0.2, 0) is 11.3 Å². The minimum atomic E-state index is -0.409. The molecule has 1 aromatic rings. The van der Waals surface area contributed by atoms with Gasteiger partial charge in [0, 0.05) is 25.3 Å². The van der Waals surface area contributed by atoms with E-state index in [1.54, 1.807) is 0 Å². The van der Waals surface area contributed by atoms with E-state index in [9.17, 15) is 8.78 Å². The fourth-order valence-corrected chi connectivity index (χ4v) is 1.58. The van der Waals surface area contributed by atoms with Crippen LogP contribution < -0.4 is 5.32 Å². The number of hydrogen-bond acceptors (Lipinski definition) is 2. The van der Waals surface area contributed by atoms with Gasteiger partial charge in [-0.05, 0) is 37.0 Å². The van der Waals surface area contributed by atoms with Gasteiger partial charge in [0.05, 0.1) is 6.61 Å². The summed E-state index contributed by atoms with van der Waals surface area (Å²) in [5.74, 6) is -0.0263. The Hall–Kier alpha value is -1.00. The maximum absolute atomic E-state index is 13.2. The van der Waals surface area contributed by atoms with Gasteiger partial charge in [0.2, 0.25) is 0 Å². The summed E-state index contributed by atoms with van der Waals surface area (Å²) in [6.07, 6.45) is 2.56. The molecule has 0 aliphatic heterocycles. The Bertz CT molecular complexity index is 366. The third-order valence-electron chi connectivity index (χ3n) is 2.80. The van der Waals surface area contributed by atoms with Crippen molar-refractivity contribution in [2.75, 3.05) is 19.8 Å². The molecule has 1 aliphatic rings. The summed E-state index contributed by atoms with van der Waals surface area (Å²) in [5, 5.41) is 3.03. The minimum absolute atomic E-state index is 0.330. The molecular weight excluding hydrogens is 224 g/mol. The summed E-state index contributed by atoms with van der Waals surface area (Å²) >= 11 is 0. The summed E-state index contributed by atoms with van der Waals surface area (Å²) in [6.45, 7) is 2.43. The zero-order chi connectivity index (χ0) is 12.1. The van der Waals surface area contributed by atoms with Gasteiger partial charge in [-0.25, -0.2) is 8.78 Å². The van der Waals surface area contributed by atoms with Crippen molar-refractivity contribution in [2.24, 2.45) is 5.92 Å². The number of benzene rings is 1. The molecule has 0 unspecified atom stereocenters. The Kier molecular flexibility index (Phi) is 4.45. The monoisotopic (exact) mass is 241 g/mol. The highest BCUT2D eigenvalue weighted by Crippen LogP contribution is 2.28. The third kappa shape index (κ3) is 4.40. The number of halogens is 2. The van der Waals surface area contributed by atoms with Crippen LogP contribution in [0.2, 0.25) is 0 Å². The van der Waals surface area contributed by atoms with Crippen LogP contribution in [0.1, 0.15) is 18.4 Å². The fourth-order valence-electron chi connectivity index (χ4n) is 1.58. The quantitative estimate of drug-likeness (QED) is 0.740. The van der Waals surface area contributed by atoms with Gasteiger partial charge >= 0.3 is 0 Å². The van der Waals surface area contributed by atoms with Crippen LogP contribution in [0.25, 0.3) is 0 Å². The van der Waals surface area contributed by atoms with E-state index in [0.29, 0.717) is 25.3 Å². The molecule has 1 N–H and O–H groups in total. The normalized spacial score (nSPS) is 15.2. The maximum Gasteiger partial charge on any atom is 0.127 e. The third-order valence-corrected chi connectivity index (χ3v) is 2.80. The first-order valence-corrected chi connectivity index (χ1v) is 5.98. The fraction of sp³-hybridized carbons (Fsp3) is 0.538. The Morgan fingerprint density at radius 3 is 2.88 bits per heavy atom. The van der Waals surface area contributed by atoms with Gasteiger partial charge in [-0.3, -0.25) is 0 Å². The molecule has 2 nitrogen and oxygen atoms in total. The van der Waals surface area contributed by atoms with E-state index in [4.69, 9.17) is 4.74 Å². The highest BCUT2D eigenvalue weighted by Gasteiger charge is 2.20. The Morgan fingerprint density at radius 1 is 1.29 bits per heavy atom. The molecule has 0 radical (unpaired) electrons. The molecule has 0 saturated heterocycles. The van der Waals surface area contributed by atoms with Crippen molar-refractivity contribution < 1.29 is 13.5 Å². The highest BCUT2D eigenvalue weighted by molar-refractivity contribution is 5.18. The molecule has 17 heavy (non-hydrogen) atoms. The Morgan fingerprint density at radius 2 is 2.12 bits per heavy atom. The molecule has 1 saturated carbocycles. The zero-order valence-electron chi connectivity index (χ0n) is 9.72. The van der Waals surface area contributed by atoms with Crippen molar-refractivity contribution in [3.8, 4) is 0 Å². The van der Waals surface area contributed by atoms with E-state index in [2.05, 4.69) is 5.32 Å². The summed E-state index contributed by atoms with van der Waals surface area (Å²) in [5.41, 5.74) is 0.354. The second-order valence-corrected chi connectivity index (χ2v) is 4.43. The van der Waals surface area contributed by atoms with Crippen LogP contribution in [0.5, 0.6) is 0 Å². The SMILES string of the molecule is Fc1ccc(F)c(CNCCOCC2CC2)c1. The number of nitrogens with one attached hydrogen (secondary N) is 1. The van der Waals surface area contributed by atoms with E-state index < -0.39 is 5.82 Å². The zero-order valence-corrected chi connectivity index (χ0v) is 9.72. The van der Waals surface area contributed by atoms with Crippen molar-refractivity contribution in [2.45, 2.75) is 19.4 Å². The number of ether oxygens (including phenoxy) is 1. The van der Waals surface area contributed by atoms with Crippen LogP contribution in [0.15, 0.2) is 18.2 Å². The van der Waals surface area contributed by atoms with Crippen molar-refractivity contribution in [1.29, 1.82) is 0 Å². The molecular formula is C13H17F2NO. The van der Waals surface area contributed by atoms with Gasteiger partial charge in [-0.2, -0.15) is 0 Å². The van der Waals surface area contributed by atoms with Crippen molar-refractivity contribution in [1.82, 2.24) is 5.32 Å². The predicted molar refractivity (Wildman–Crippen MR) is 61.6 cm³/mol. The van der Waals surface area contributed by atoms with Crippen molar-refractivity contribution >= 4 is 0 Å². The van der Waals surface area contributed by atoms with Crippen LogP contribution in [-0.4, -0.2) is 19.8 Å². The molecule has 0 bridgehead atoms. The van der Waals surface area contributed by atoms with Crippen molar-refractivity contribution in [3.63, 3.8) is 0 Å². The Labute approximate surface area is 100.0 Å². The van der Waals surface area contributed by atoms with Crippen LogP contribution >= 0.6 is 0 Å². The highest BCUT2D eigenvalue weighted by atomic mass is 19.1. The lowest BCUT2D eigenvalue weighted by Crippen LogP contribution is -2.20. The Balaban J connectivity index is 1.61. The van der Waals surface area contributed by atoms with Gasteiger partial charge in [-0.1, -0.05) is 0 Å². The molecule has 1 aliphatic carbocycles. The van der Waals surface area contributed by atoms with Gasteiger partial charge in [0.1, 0.15) is 11.6 Å². The van der Waals surface area contributed by atoms with E-state index in [1.807, 2.05) is 0 Å². The largest absolute Gasteiger partial charge is 0.380 e. The molecule has 0 heterocycles. The summed E-state index contributed by atoms with van der Waals surface area (Å²) in [7, 11) is 0. The van der Waals surface area contributed by atoms with Crippen LogP contribution in [0.3, 0.4) is 0 Å². The first kappa shape index (κ1) is 12.5. The van der Waals surface area contributed by atoms with Gasteiger partial charge in [-0.15, -0.1) is 0 Å². The minimum Gasteiger partial charge on any atom is -0.380 e. The molecule has 1 fully saturated rings. The lowest BCUT2D eigenvalue weighted by atomic mass is 10.2. The van der Waals surface area contributed by atoms with E-state index in [-0.39, 0.29) is 5.82 Å². The second kappa shape index (κ2) is 6.07. The van der Waals surface area contributed by atoms with Gasteiger partial charge < -0.3 is 10.1 Å². The summed E-state index contributed by atoms with van der Waals surface area (Å²) < 4.78 is 31.5. The summed E-state index contributed by atoms with van der Waals surface area (Å²) in [6, 6.07) is 3.49. The first-order chi connectivity index (χ1) is 8.25. The molecule has 0 aromatic heterocycles. The molecule has 4 heteroatoms. The first-order valence-electron chi connectivity index (χ1n) is 5.98. The topological polar surface area (TPSA) is 21.3 Å². The van der Waals surface area contributed by atoms with E-state index in [1.165, 1.54) is 18.9 Å². The molecule has 0 spiro atoms. The van der Waals surface area contributed by atoms with Gasteiger partial charge in [0.25, 0.3) is 0 Å². The summed E-state index contributed by atoms with van der Waals surface area (Å²) in [4.78, 5) is 0. The molecule has 94 valence electrons. The van der Waals surface area contributed by atoms with E-state index >= 15 is 0 Å². The lowest BCUT2D eigenvalue weighted by molar-refractivity contribution is 0.126. The van der Waals surface area contributed by atoms with E-state index in [0.717, 1.165) is 24.7 Å². The molecule has 1 aromatic carbocycles. The van der Waals surface area contributed by atoms with Crippen molar-refractivity contribution in [3.05, 3.63) is 35.4 Å². The number of rotatable bonds is 7. The smallest absolute Gasteiger partial charge is 0.127 e. The predicted octanol–water partition coefficient (Wildman–Crippen LogP) is 2.48. The second-order valence-electron chi connectivity index (χ2n) is 4.43.